The van der Waals surface area contributed by atoms with E-state index in [4.69, 9.17) is 27.9 Å². The molecule has 1 aromatic rings. The normalized spacial score (nSPS) is 28.6. The summed E-state index contributed by atoms with van der Waals surface area (Å²) in [6, 6.07) is 5.71. The van der Waals surface area contributed by atoms with Crippen molar-refractivity contribution < 1.29 is 4.74 Å². The van der Waals surface area contributed by atoms with Crippen LogP contribution < -0.4 is 0 Å². The van der Waals surface area contributed by atoms with Crippen molar-refractivity contribution in [3.05, 3.63) is 33.8 Å². The standard InChI is InChI=1S/C13H15BrCl2O/c1-9-13(8-14,4-5-17-9)7-10-2-3-11(15)6-12(10)16/h2-3,6,9H,4-5,7-8H2,1H3. The number of ether oxygens (including phenoxy) is 1. The molecule has 1 aliphatic heterocycles. The van der Waals surface area contributed by atoms with Gasteiger partial charge in [-0.3, -0.25) is 0 Å². The molecule has 1 nitrogen and oxygen atoms in total. The fourth-order valence-corrected chi connectivity index (χ4v) is 3.73. The lowest BCUT2D eigenvalue weighted by Gasteiger charge is -2.30. The maximum absolute atomic E-state index is 6.23. The van der Waals surface area contributed by atoms with Crippen LogP contribution in [0.3, 0.4) is 0 Å². The molecule has 0 aromatic heterocycles. The quantitative estimate of drug-likeness (QED) is 0.725. The molecule has 2 rings (SSSR count). The molecule has 0 N–H and O–H groups in total. The summed E-state index contributed by atoms with van der Waals surface area (Å²) < 4.78 is 5.70. The molecule has 0 amide bonds. The molecule has 0 bridgehead atoms. The Bertz CT molecular complexity index is 410. The van der Waals surface area contributed by atoms with Crippen LogP contribution in [0.1, 0.15) is 18.9 Å². The van der Waals surface area contributed by atoms with Gasteiger partial charge in [-0.15, -0.1) is 0 Å². The van der Waals surface area contributed by atoms with Gasteiger partial charge in [0, 0.05) is 27.4 Å². The molecule has 1 saturated heterocycles. The Morgan fingerprint density at radius 1 is 1.47 bits per heavy atom. The average Bonchev–Trinajstić information content (AvgIpc) is 2.65. The van der Waals surface area contributed by atoms with Gasteiger partial charge < -0.3 is 4.74 Å². The lowest BCUT2D eigenvalue weighted by molar-refractivity contribution is 0.0746. The third kappa shape index (κ3) is 2.81. The van der Waals surface area contributed by atoms with E-state index in [1.165, 1.54) is 0 Å². The maximum Gasteiger partial charge on any atom is 0.0615 e. The van der Waals surface area contributed by atoms with Crippen molar-refractivity contribution in [1.29, 1.82) is 0 Å². The van der Waals surface area contributed by atoms with E-state index in [0.29, 0.717) is 5.02 Å². The fraction of sp³-hybridized carbons (Fsp3) is 0.538. The van der Waals surface area contributed by atoms with Crippen molar-refractivity contribution in [2.24, 2.45) is 5.41 Å². The van der Waals surface area contributed by atoms with Crippen LogP contribution in [0.4, 0.5) is 0 Å². The van der Waals surface area contributed by atoms with E-state index in [-0.39, 0.29) is 11.5 Å². The van der Waals surface area contributed by atoms with Gasteiger partial charge in [-0.1, -0.05) is 45.2 Å². The first-order chi connectivity index (χ1) is 8.07. The van der Waals surface area contributed by atoms with Gasteiger partial charge in [0.05, 0.1) is 6.10 Å². The van der Waals surface area contributed by atoms with Gasteiger partial charge in [0.25, 0.3) is 0 Å². The highest BCUT2D eigenvalue weighted by Crippen LogP contribution is 2.41. The summed E-state index contributed by atoms with van der Waals surface area (Å²) in [5.74, 6) is 0. The molecule has 1 heterocycles. The topological polar surface area (TPSA) is 9.23 Å². The smallest absolute Gasteiger partial charge is 0.0615 e. The first-order valence-electron chi connectivity index (χ1n) is 5.69. The van der Waals surface area contributed by atoms with E-state index < -0.39 is 0 Å². The molecule has 94 valence electrons. The van der Waals surface area contributed by atoms with Crippen molar-refractivity contribution in [1.82, 2.24) is 0 Å². The summed E-state index contributed by atoms with van der Waals surface area (Å²) in [4.78, 5) is 0. The van der Waals surface area contributed by atoms with E-state index in [1.807, 2.05) is 12.1 Å². The lowest BCUT2D eigenvalue weighted by atomic mass is 9.78. The predicted molar refractivity (Wildman–Crippen MR) is 76.4 cm³/mol. The highest BCUT2D eigenvalue weighted by molar-refractivity contribution is 9.09. The van der Waals surface area contributed by atoms with Gasteiger partial charge in [0.1, 0.15) is 0 Å². The second-order valence-electron chi connectivity index (χ2n) is 4.67. The Labute approximate surface area is 121 Å². The van der Waals surface area contributed by atoms with Gasteiger partial charge >= 0.3 is 0 Å². The zero-order valence-electron chi connectivity index (χ0n) is 9.68. The van der Waals surface area contributed by atoms with Crippen LogP contribution in [0.5, 0.6) is 0 Å². The highest BCUT2D eigenvalue weighted by atomic mass is 79.9. The monoisotopic (exact) mass is 336 g/mol. The summed E-state index contributed by atoms with van der Waals surface area (Å²) >= 11 is 15.8. The first-order valence-corrected chi connectivity index (χ1v) is 7.57. The second kappa shape index (κ2) is 5.48. The molecular formula is C13H15BrCl2O. The summed E-state index contributed by atoms with van der Waals surface area (Å²) in [5.41, 5.74) is 1.30. The van der Waals surface area contributed by atoms with Crippen molar-refractivity contribution in [2.75, 3.05) is 11.9 Å². The Morgan fingerprint density at radius 3 is 2.76 bits per heavy atom. The van der Waals surface area contributed by atoms with Gasteiger partial charge in [0.15, 0.2) is 0 Å². The average molecular weight is 338 g/mol. The van der Waals surface area contributed by atoms with Crippen LogP contribution in [-0.4, -0.2) is 18.0 Å². The molecule has 0 spiro atoms. The van der Waals surface area contributed by atoms with Crippen LogP contribution in [0.15, 0.2) is 18.2 Å². The number of hydrogen-bond acceptors (Lipinski definition) is 1. The van der Waals surface area contributed by atoms with E-state index in [1.54, 1.807) is 6.07 Å². The largest absolute Gasteiger partial charge is 0.378 e. The molecule has 4 heteroatoms. The van der Waals surface area contributed by atoms with Crippen molar-refractivity contribution in [2.45, 2.75) is 25.9 Å². The van der Waals surface area contributed by atoms with Crippen LogP contribution in [0.25, 0.3) is 0 Å². The maximum atomic E-state index is 6.23. The van der Waals surface area contributed by atoms with E-state index in [2.05, 4.69) is 22.9 Å². The van der Waals surface area contributed by atoms with Gasteiger partial charge in [-0.25, -0.2) is 0 Å². The molecule has 2 unspecified atom stereocenters. The third-order valence-electron chi connectivity index (χ3n) is 3.65. The summed E-state index contributed by atoms with van der Waals surface area (Å²) in [5, 5.41) is 2.36. The van der Waals surface area contributed by atoms with Crippen molar-refractivity contribution in [3.63, 3.8) is 0 Å². The molecule has 0 radical (unpaired) electrons. The van der Waals surface area contributed by atoms with Crippen LogP contribution >= 0.6 is 39.1 Å². The van der Waals surface area contributed by atoms with E-state index >= 15 is 0 Å². The van der Waals surface area contributed by atoms with Gasteiger partial charge in [-0.05, 0) is 37.5 Å². The molecule has 1 fully saturated rings. The Morgan fingerprint density at radius 2 is 2.24 bits per heavy atom. The Kier molecular flexibility index (Phi) is 4.40. The number of rotatable bonds is 3. The Balaban J connectivity index is 2.24. The molecule has 0 saturated carbocycles. The minimum Gasteiger partial charge on any atom is -0.378 e. The summed E-state index contributed by atoms with van der Waals surface area (Å²) in [7, 11) is 0. The van der Waals surface area contributed by atoms with Gasteiger partial charge in [-0.2, -0.15) is 0 Å². The van der Waals surface area contributed by atoms with E-state index in [9.17, 15) is 0 Å². The third-order valence-corrected chi connectivity index (χ3v) is 5.36. The summed E-state index contributed by atoms with van der Waals surface area (Å²) in [6.07, 6.45) is 2.25. The molecule has 0 aliphatic carbocycles. The number of benzene rings is 1. The SMILES string of the molecule is CC1OCCC1(CBr)Cc1ccc(Cl)cc1Cl. The summed E-state index contributed by atoms with van der Waals surface area (Å²) in [6.45, 7) is 2.97. The zero-order valence-corrected chi connectivity index (χ0v) is 12.8. The fourth-order valence-electron chi connectivity index (χ4n) is 2.32. The van der Waals surface area contributed by atoms with Crippen LogP contribution in [0.2, 0.25) is 10.0 Å². The van der Waals surface area contributed by atoms with Crippen molar-refractivity contribution in [3.8, 4) is 0 Å². The zero-order chi connectivity index (χ0) is 12.5. The Hall–Kier alpha value is 0.240. The first kappa shape index (κ1) is 13.7. The number of halogens is 3. The molecule has 1 aliphatic rings. The number of hydrogen-bond donors (Lipinski definition) is 0. The van der Waals surface area contributed by atoms with Gasteiger partial charge in [0.2, 0.25) is 0 Å². The van der Waals surface area contributed by atoms with Crippen LogP contribution in [-0.2, 0) is 11.2 Å². The molecule has 17 heavy (non-hydrogen) atoms. The lowest BCUT2D eigenvalue weighted by Crippen LogP contribution is -2.33. The highest BCUT2D eigenvalue weighted by Gasteiger charge is 2.40. The minimum atomic E-state index is 0.150. The van der Waals surface area contributed by atoms with E-state index in [0.717, 1.165) is 35.4 Å². The minimum absolute atomic E-state index is 0.150. The van der Waals surface area contributed by atoms with Crippen LogP contribution in [0, 0.1) is 5.41 Å². The molecule has 2 atom stereocenters. The predicted octanol–water partition coefficient (Wildman–Crippen LogP) is 4.73. The second-order valence-corrected chi connectivity index (χ2v) is 6.08. The van der Waals surface area contributed by atoms with Crippen molar-refractivity contribution >= 4 is 39.1 Å². The molecule has 1 aromatic carbocycles. The number of alkyl halides is 1. The molecular weight excluding hydrogens is 323 g/mol.